The van der Waals surface area contributed by atoms with E-state index in [4.69, 9.17) is 0 Å². The number of hydrogen-bond acceptors (Lipinski definition) is 3. The zero-order chi connectivity index (χ0) is 19.6. The second-order valence-corrected chi connectivity index (χ2v) is 7.25. The first kappa shape index (κ1) is 18.9. The van der Waals surface area contributed by atoms with Gasteiger partial charge in [0.2, 0.25) is 5.91 Å². The van der Waals surface area contributed by atoms with Gasteiger partial charge in [0.05, 0.1) is 6.42 Å². The normalized spacial score (nSPS) is 14.7. The third-order valence-electron chi connectivity index (χ3n) is 4.89. The third-order valence-corrected chi connectivity index (χ3v) is 4.89. The average molecular weight is 370 g/mol. The fourth-order valence-corrected chi connectivity index (χ4v) is 3.45. The van der Waals surface area contributed by atoms with Gasteiger partial charge < -0.3 is 20.1 Å². The molecule has 7 heteroatoms. The van der Waals surface area contributed by atoms with Crippen LogP contribution in [-0.4, -0.2) is 64.7 Å². The summed E-state index contributed by atoms with van der Waals surface area (Å²) in [5.41, 5.74) is 3.05. The largest absolute Gasteiger partial charge is 0.358 e. The molecule has 1 aromatic heterocycles. The molecule has 3 amide bonds. The molecule has 1 saturated heterocycles. The predicted octanol–water partition coefficient (Wildman–Crippen LogP) is 1.21. The molecular weight excluding hydrogens is 344 g/mol. The maximum absolute atomic E-state index is 12.7. The van der Waals surface area contributed by atoms with Crippen molar-refractivity contribution in [3.8, 4) is 0 Å². The molecule has 0 bridgehead atoms. The molecule has 0 spiro atoms. The first-order valence-electron chi connectivity index (χ1n) is 9.30. The van der Waals surface area contributed by atoms with Crippen molar-refractivity contribution in [2.24, 2.45) is 0 Å². The van der Waals surface area contributed by atoms with Crippen molar-refractivity contribution in [3.05, 3.63) is 35.5 Å². The highest BCUT2D eigenvalue weighted by atomic mass is 16.2. The summed E-state index contributed by atoms with van der Waals surface area (Å²) in [6.07, 6.45) is 0.331. The van der Waals surface area contributed by atoms with E-state index in [0.29, 0.717) is 32.6 Å². The topological polar surface area (TPSA) is 85.5 Å². The molecule has 1 aliphatic rings. The molecule has 0 saturated carbocycles. The number of H-pyrrole nitrogens is 1. The number of aromatic nitrogens is 1. The number of piperazine rings is 1. The summed E-state index contributed by atoms with van der Waals surface area (Å²) in [7, 11) is 0. The van der Waals surface area contributed by atoms with Gasteiger partial charge in [-0.15, -0.1) is 0 Å². The van der Waals surface area contributed by atoms with E-state index in [0.717, 1.165) is 22.2 Å². The van der Waals surface area contributed by atoms with E-state index in [2.05, 4.69) is 10.3 Å². The number of fused-ring (bicyclic) bond motifs is 1. The first-order valence-corrected chi connectivity index (χ1v) is 9.30. The lowest BCUT2D eigenvalue weighted by atomic mass is 10.1. The van der Waals surface area contributed by atoms with Gasteiger partial charge in [-0.2, -0.15) is 0 Å². The third kappa shape index (κ3) is 4.13. The first-order chi connectivity index (χ1) is 12.9. The zero-order valence-electron chi connectivity index (χ0n) is 16.0. The van der Waals surface area contributed by atoms with Crippen LogP contribution in [-0.2, 0) is 20.8 Å². The Morgan fingerprint density at radius 3 is 2.37 bits per heavy atom. The summed E-state index contributed by atoms with van der Waals surface area (Å²) in [5.74, 6) is -1.07. The van der Waals surface area contributed by atoms with Crippen molar-refractivity contribution in [2.75, 3.05) is 26.2 Å². The Kier molecular flexibility index (Phi) is 5.48. The van der Waals surface area contributed by atoms with Gasteiger partial charge in [0, 0.05) is 48.8 Å². The number of benzene rings is 1. The van der Waals surface area contributed by atoms with Crippen molar-refractivity contribution in [2.45, 2.75) is 33.2 Å². The lowest BCUT2D eigenvalue weighted by Gasteiger charge is -2.34. The van der Waals surface area contributed by atoms with Crippen LogP contribution in [0.2, 0.25) is 0 Å². The molecule has 7 nitrogen and oxygen atoms in total. The van der Waals surface area contributed by atoms with Crippen molar-refractivity contribution < 1.29 is 14.4 Å². The SMILES string of the molecule is Cc1[nH]c2ccccc2c1CC(=O)N1CCN(C(=O)C(=O)NC(C)C)CC1. The summed E-state index contributed by atoms with van der Waals surface area (Å²) in [5, 5.41) is 3.68. The molecule has 0 atom stereocenters. The van der Waals surface area contributed by atoms with E-state index >= 15 is 0 Å². The Morgan fingerprint density at radius 2 is 1.70 bits per heavy atom. The minimum absolute atomic E-state index is 0.0431. The van der Waals surface area contributed by atoms with Crippen LogP contribution < -0.4 is 5.32 Å². The fraction of sp³-hybridized carbons (Fsp3) is 0.450. The van der Waals surface area contributed by atoms with Crippen molar-refractivity contribution in [1.29, 1.82) is 0 Å². The van der Waals surface area contributed by atoms with E-state index in [1.54, 1.807) is 4.90 Å². The van der Waals surface area contributed by atoms with Gasteiger partial charge in [-0.3, -0.25) is 14.4 Å². The molecule has 0 radical (unpaired) electrons. The van der Waals surface area contributed by atoms with E-state index in [1.807, 2.05) is 45.0 Å². The Morgan fingerprint density at radius 1 is 1.07 bits per heavy atom. The van der Waals surface area contributed by atoms with E-state index in [1.165, 1.54) is 4.90 Å². The Bertz CT molecular complexity index is 863. The summed E-state index contributed by atoms with van der Waals surface area (Å²) in [6.45, 7) is 7.25. The molecule has 1 fully saturated rings. The van der Waals surface area contributed by atoms with Crippen LogP contribution in [0, 0.1) is 6.92 Å². The highest BCUT2D eigenvalue weighted by molar-refractivity contribution is 6.35. The number of carbonyl (C=O) groups is 3. The standard InChI is InChI=1S/C20H26N4O3/c1-13(2)21-19(26)20(27)24-10-8-23(9-11-24)18(25)12-16-14(3)22-17-7-5-4-6-15(16)17/h4-7,13,22H,8-12H2,1-3H3,(H,21,26). The number of nitrogens with one attached hydrogen (secondary N) is 2. The molecule has 0 unspecified atom stereocenters. The number of amides is 3. The Hall–Kier alpha value is -2.83. The molecule has 2 heterocycles. The zero-order valence-corrected chi connectivity index (χ0v) is 16.0. The van der Waals surface area contributed by atoms with Crippen LogP contribution in [0.1, 0.15) is 25.1 Å². The second kappa shape index (κ2) is 7.82. The number of rotatable bonds is 3. The van der Waals surface area contributed by atoms with Gasteiger partial charge in [-0.1, -0.05) is 18.2 Å². The highest BCUT2D eigenvalue weighted by Crippen LogP contribution is 2.23. The number of para-hydroxylation sites is 1. The van der Waals surface area contributed by atoms with E-state index < -0.39 is 11.8 Å². The smallest absolute Gasteiger partial charge is 0.312 e. The van der Waals surface area contributed by atoms with Crippen LogP contribution in [0.3, 0.4) is 0 Å². The minimum Gasteiger partial charge on any atom is -0.358 e. The van der Waals surface area contributed by atoms with Gasteiger partial charge in [-0.25, -0.2) is 0 Å². The molecule has 2 N–H and O–H groups in total. The van der Waals surface area contributed by atoms with Gasteiger partial charge >= 0.3 is 11.8 Å². The molecule has 1 aliphatic heterocycles. The lowest BCUT2D eigenvalue weighted by Crippen LogP contribution is -2.54. The average Bonchev–Trinajstić information content (AvgIpc) is 2.96. The van der Waals surface area contributed by atoms with Gasteiger partial charge in [-0.05, 0) is 32.4 Å². The van der Waals surface area contributed by atoms with Crippen LogP contribution in [0.15, 0.2) is 24.3 Å². The predicted molar refractivity (Wildman–Crippen MR) is 103 cm³/mol. The Labute approximate surface area is 158 Å². The maximum Gasteiger partial charge on any atom is 0.312 e. The fourth-order valence-electron chi connectivity index (χ4n) is 3.45. The summed E-state index contributed by atoms with van der Waals surface area (Å²) >= 11 is 0. The number of hydrogen-bond donors (Lipinski definition) is 2. The Balaban J connectivity index is 1.59. The summed E-state index contributed by atoms with van der Waals surface area (Å²) < 4.78 is 0. The second-order valence-electron chi connectivity index (χ2n) is 7.25. The van der Waals surface area contributed by atoms with E-state index in [9.17, 15) is 14.4 Å². The minimum atomic E-state index is -0.584. The van der Waals surface area contributed by atoms with Crippen molar-refractivity contribution in [1.82, 2.24) is 20.1 Å². The molecule has 1 aromatic carbocycles. The summed E-state index contributed by atoms with van der Waals surface area (Å²) in [4.78, 5) is 43.4. The summed E-state index contributed by atoms with van der Waals surface area (Å²) in [6, 6.07) is 7.88. The van der Waals surface area contributed by atoms with Crippen LogP contribution >= 0.6 is 0 Å². The van der Waals surface area contributed by atoms with Gasteiger partial charge in [0.25, 0.3) is 0 Å². The van der Waals surface area contributed by atoms with Gasteiger partial charge in [0.15, 0.2) is 0 Å². The monoisotopic (exact) mass is 370 g/mol. The molecule has 27 heavy (non-hydrogen) atoms. The molecule has 2 aromatic rings. The maximum atomic E-state index is 12.7. The van der Waals surface area contributed by atoms with E-state index in [-0.39, 0.29) is 11.9 Å². The van der Waals surface area contributed by atoms with Crippen molar-refractivity contribution in [3.63, 3.8) is 0 Å². The van der Waals surface area contributed by atoms with Crippen molar-refractivity contribution >= 4 is 28.6 Å². The molecule has 3 rings (SSSR count). The van der Waals surface area contributed by atoms with Gasteiger partial charge in [0.1, 0.15) is 0 Å². The van der Waals surface area contributed by atoms with Crippen LogP contribution in [0.5, 0.6) is 0 Å². The number of aromatic amines is 1. The molecule has 144 valence electrons. The highest BCUT2D eigenvalue weighted by Gasteiger charge is 2.28. The van der Waals surface area contributed by atoms with Crippen LogP contribution in [0.4, 0.5) is 0 Å². The lowest BCUT2D eigenvalue weighted by molar-refractivity contribution is -0.148. The number of nitrogens with zero attached hydrogens (tertiary/aromatic N) is 2. The quantitative estimate of drug-likeness (QED) is 0.797. The number of carbonyl (C=O) groups excluding carboxylic acids is 3. The molecule has 0 aliphatic carbocycles. The van der Waals surface area contributed by atoms with Crippen LogP contribution in [0.25, 0.3) is 10.9 Å². The number of aryl methyl sites for hydroxylation is 1. The molecular formula is C20H26N4O3.